The van der Waals surface area contributed by atoms with Gasteiger partial charge in [-0.1, -0.05) is 23.2 Å². The predicted octanol–water partition coefficient (Wildman–Crippen LogP) is 1.96. The van der Waals surface area contributed by atoms with Gasteiger partial charge in [0.1, 0.15) is 6.42 Å². The third-order valence-electron chi connectivity index (χ3n) is 1.88. The van der Waals surface area contributed by atoms with E-state index in [1.54, 1.807) is 0 Å². The maximum Gasteiger partial charge on any atom is 0.397 e. The largest absolute Gasteiger partial charge is 0.772 e. The fourth-order valence-corrected chi connectivity index (χ4v) is 1.67. The fraction of sp³-hybridized carbons (Fsp3) is 0.300. The van der Waals surface area contributed by atoms with E-state index in [2.05, 4.69) is 5.32 Å². The SMILES string of the molecule is O=C(CC(F)(F)F)Nc1ccc(CS(=O)[O-])cc1. The highest BCUT2D eigenvalue weighted by Gasteiger charge is 2.31. The Hall–Kier alpha value is -1.41. The van der Waals surface area contributed by atoms with E-state index < -0.39 is 29.6 Å². The number of halogens is 3. The summed E-state index contributed by atoms with van der Waals surface area (Å²) in [5, 5.41) is 2.07. The number of hydrogen-bond donors (Lipinski definition) is 1. The van der Waals surface area contributed by atoms with Gasteiger partial charge in [-0.05, 0) is 17.7 Å². The van der Waals surface area contributed by atoms with Crippen molar-refractivity contribution in [1.29, 1.82) is 0 Å². The van der Waals surface area contributed by atoms with Crippen LogP contribution in [0.1, 0.15) is 12.0 Å². The molecule has 0 saturated carbocycles. The molecule has 1 unspecified atom stereocenters. The van der Waals surface area contributed by atoms with Crippen LogP contribution in [0.2, 0.25) is 0 Å². The molecule has 1 N–H and O–H groups in total. The lowest BCUT2D eigenvalue weighted by Crippen LogP contribution is -2.21. The summed E-state index contributed by atoms with van der Waals surface area (Å²) < 4.78 is 56.4. The molecule has 0 aliphatic rings. The Bertz CT molecular complexity index is 445. The van der Waals surface area contributed by atoms with Gasteiger partial charge in [-0.15, -0.1) is 0 Å². The maximum absolute atomic E-state index is 11.9. The third-order valence-corrected chi connectivity index (χ3v) is 2.45. The van der Waals surface area contributed by atoms with Gasteiger partial charge in [-0.25, -0.2) is 0 Å². The molecule has 0 aliphatic heterocycles. The van der Waals surface area contributed by atoms with E-state index in [4.69, 9.17) is 0 Å². The second-order valence-corrected chi connectivity index (χ2v) is 4.38. The first-order chi connectivity index (χ1) is 8.26. The lowest BCUT2D eigenvalue weighted by atomic mass is 10.2. The molecule has 0 spiro atoms. The van der Waals surface area contributed by atoms with Gasteiger partial charge in [0.2, 0.25) is 5.91 Å². The first-order valence-electron chi connectivity index (χ1n) is 4.78. The Morgan fingerprint density at radius 2 is 1.83 bits per heavy atom. The molecule has 4 nitrogen and oxygen atoms in total. The maximum atomic E-state index is 11.9. The van der Waals surface area contributed by atoms with Gasteiger partial charge in [-0.3, -0.25) is 9.00 Å². The Labute approximate surface area is 103 Å². The van der Waals surface area contributed by atoms with E-state index in [1.807, 2.05) is 0 Å². The second kappa shape index (κ2) is 5.96. The molecule has 8 heteroatoms. The summed E-state index contributed by atoms with van der Waals surface area (Å²) in [5.74, 6) is -1.35. The van der Waals surface area contributed by atoms with Crippen LogP contribution < -0.4 is 5.32 Å². The van der Waals surface area contributed by atoms with Crippen molar-refractivity contribution in [3.63, 3.8) is 0 Å². The molecule has 1 rings (SSSR count). The summed E-state index contributed by atoms with van der Waals surface area (Å²) in [5.41, 5.74) is 0.668. The molecule has 0 bridgehead atoms. The molecular formula is C10H9F3NO3S-. The van der Waals surface area contributed by atoms with E-state index >= 15 is 0 Å². The molecule has 0 aromatic heterocycles. The van der Waals surface area contributed by atoms with E-state index in [1.165, 1.54) is 24.3 Å². The van der Waals surface area contributed by atoms with Gasteiger partial charge in [0, 0.05) is 11.4 Å². The van der Waals surface area contributed by atoms with E-state index in [0.29, 0.717) is 5.56 Å². The topological polar surface area (TPSA) is 69.2 Å². The van der Waals surface area contributed by atoms with Gasteiger partial charge in [0.25, 0.3) is 0 Å². The van der Waals surface area contributed by atoms with Gasteiger partial charge in [-0.2, -0.15) is 13.2 Å². The van der Waals surface area contributed by atoms with Crippen molar-refractivity contribution in [2.24, 2.45) is 0 Å². The fourth-order valence-electron chi connectivity index (χ4n) is 1.21. The van der Waals surface area contributed by atoms with E-state index in [9.17, 15) is 26.7 Å². The Balaban J connectivity index is 2.58. The molecule has 0 heterocycles. The number of anilines is 1. The third kappa shape index (κ3) is 5.78. The molecule has 0 aliphatic carbocycles. The van der Waals surface area contributed by atoms with E-state index in [-0.39, 0.29) is 11.4 Å². The van der Waals surface area contributed by atoms with Crippen molar-refractivity contribution in [2.45, 2.75) is 18.3 Å². The van der Waals surface area contributed by atoms with Crippen LogP contribution in [0.3, 0.4) is 0 Å². The smallest absolute Gasteiger partial charge is 0.397 e. The Kier molecular flexibility index (Phi) is 4.85. The van der Waals surface area contributed by atoms with Gasteiger partial charge >= 0.3 is 6.18 Å². The van der Waals surface area contributed by atoms with Crippen molar-refractivity contribution in [1.82, 2.24) is 0 Å². The predicted molar refractivity (Wildman–Crippen MR) is 58.4 cm³/mol. The van der Waals surface area contributed by atoms with Gasteiger partial charge in [0.05, 0.1) is 0 Å². The Morgan fingerprint density at radius 3 is 2.28 bits per heavy atom. The van der Waals surface area contributed by atoms with Crippen LogP contribution in [0.5, 0.6) is 0 Å². The highest BCUT2D eigenvalue weighted by Crippen LogP contribution is 2.20. The molecule has 100 valence electrons. The van der Waals surface area contributed by atoms with Crippen molar-refractivity contribution in [3.05, 3.63) is 29.8 Å². The second-order valence-electron chi connectivity index (χ2n) is 3.49. The highest BCUT2D eigenvalue weighted by atomic mass is 32.2. The molecule has 0 fully saturated rings. The monoisotopic (exact) mass is 280 g/mol. The standard InChI is InChI=1S/C10H10F3NO3S/c11-10(12,13)5-9(15)14-8-3-1-7(2-4-8)6-18(16)17/h1-4H,5-6H2,(H,14,15)(H,16,17)/p-1. The normalized spacial score (nSPS) is 13.1. The number of amides is 1. The first-order valence-corrected chi connectivity index (χ1v) is 6.02. The number of rotatable bonds is 4. The molecule has 1 amide bonds. The van der Waals surface area contributed by atoms with Crippen LogP contribution in [0, 0.1) is 0 Å². The van der Waals surface area contributed by atoms with Crippen molar-refractivity contribution >= 4 is 22.7 Å². The molecule has 18 heavy (non-hydrogen) atoms. The summed E-state index contributed by atoms with van der Waals surface area (Å²) in [6, 6.07) is 5.52. The molecule has 1 aromatic rings. The lowest BCUT2D eigenvalue weighted by molar-refractivity contribution is -0.150. The minimum atomic E-state index is -4.55. The van der Waals surface area contributed by atoms with Crippen molar-refractivity contribution in [2.75, 3.05) is 5.32 Å². The average Bonchev–Trinajstić information content (AvgIpc) is 2.17. The zero-order valence-corrected chi connectivity index (χ0v) is 9.81. The van der Waals surface area contributed by atoms with Crippen LogP contribution in [-0.4, -0.2) is 20.8 Å². The number of nitrogens with one attached hydrogen (secondary N) is 1. The van der Waals surface area contributed by atoms with Crippen LogP contribution in [-0.2, 0) is 21.6 Å². The van der Waals surface area contributed by atoms with Crippen LogP contribution in [0.15, 0.2) is 24.3 Å². The zero-order chi connectivity index (χ0) is 13.8. The quantitative estimate of drug-likeness (QED) is 0.857. The van der Waals surface area contributed by atoms with E-state index in [0.717, 1.165) is 0 Å². The summed E-state index contributed by atoms with van der Waals surface area (Å²) in [4.78, 5) is 11.0. The van der Waals surface area contributed by atoms with Crippen molar-refractivity contribution in [3.8, 4) is 0 Å². The molecule has 1 atom stereocenters. The zero-order valence-electron chi connectivity index (χ0n) is 8.99. The minimum Gasteiger partial charge on any atom is -0.772 e. The van der Waals surface area contributed by atoms with Crippen molar-refractivity contribution < 1.29 is 26.7 Å². The van der Waals surface area contributed by atoms with Crippen LogP contribution in [0.4, 0.5) is 18.9 Å². The molecule has 1 aromatic carbocycles. The summed E-state index contributed by atoms with van der Waals surface area (Å²) >= 11 is -2.23. The number of carbonyl (C=O) groups is 1. The van der Waals surface area contributed by atoms with Gasteiger partial charge in [0.15, 0.2) is 0 Å². The number of benzene rings is 1. The average molecular weight is 280 g/mol. The molecule has 0 saturated heterocycles. The number of carbonyl (C=O) groups excluding carboxylic acids is 1. The summed E-state index contributed by atoms with van der Waals surface area (Å²) in [6.45, 7) is 0. The number of alkyl halides is 3. The Morgan fingerprint density at radius 1 is 1.28 bits per heavy atom. The highest BCUT2D eigenvalue weighted by molar-refractivity contribution is 7.78. The van der Waals surface area contributed by atoms with Crippen LogP contribution in [0.25, 0.3) is 0 Å². The summed E-state index contributed by atoms with van der Waals surface area (Å²) in [6.07, 6.45) is -6.11. The molecule has 0 radical (unpaired) electrons. The first kappa shape index (κ1) is 14.7. The number of hydrogen-bond acceptors (Lipinski definition) is 3. The summed E-state index contributed by atoms with van der Waals surface area (Å²) in [7, 11) is 0. The molecular weight excluding hydrogens is 271 g/mol. The lowest BCUT2D eigenvalue weighted by Gasteiger charge is -2.09. The minimum absolute atomic E-state index is 0.184. The van der Waals surface area contributed by atoms with Crippen LogP contribution >= 0.6 is 0 Å². The van der Waals surface area contributed by atoms with Gasteiger partial charge < -0.3 is 9.87 Å².